The summed E-state index contributed by atoms with van der Waals surface area (Å²) in [7, 11) is 0. The van der Waals surface area contributed by atoms with Gasteiger partial charge in [-0.3, -0.25) is 9.59 Å². The Morgan fingerprint density at radius 3 is 2.56 bits per heavy atom. The number of amides is 1. The third-order valence-electron chi connectivity index (χ3n) is 2.33. The Hall–Kier alpha value is -1.75. The number of carboxylic acids is 1. The van der Waals surface area contributed by atoms with Gasteiger partial charge >= 0.3 is 5.97 Å². The van der Waals surface area contributed by atoms with Gasteiger partial charge in [-0.25, -0.2) is 0 Å². The van der Waals surface area contributed by atoms with Gasteiger partial charge in [-0.1, -0.05) is 17.7 Å². The molecule has 6 heteroatoms. The molecule has 1 aromatic rings. The van der Waals surface area contributed by atoms with Crippen LogP contribution in [0.15, 0.2) is 18.2 Å². The summed E-state index contributed by atoms with van der Waals surface area (Å²) >= 11 is 5.90. The lowest BCUT2D eigenvalue weighted by atomic mass is 9.99. The number of benzene rings is 1. The number of hydrogen-bond acceptors (Lipinski definition) is 3. The van der Waals surface area contributed by atoms with E-state index in [0.717, 1.165) is 0 Å². The lowest BCUT2D eigenvalue weighted by Crippen LogP contribution is -2.34. The third-order valence-corrected chi connectivity index (χ3v) is 2.64. The van der Waals surface area contributed by atoms with Gasteiger partial charge in [0.15, 0.2) is 0 Å². The molecule has 0 aromatic heterocycles. The summed E-state index contributed by atoms with van der Waals surface area (Å²) in [5.74, 6) is -1.59. The molecule has 0 radical (unpaired) electrons. The number of primary amides is 1. The van der Waals surface area contributed by atoms with Gasteiger partial charge in [-0.05, 0) is 26.0 Å². The topological polar surface area (TPSA) is 92.4 Å². The van der Waals surface area contributed by atoms with Crippen LogP contribution >= 0.6 is 11.6 Å². The molecular formula is C12H15ClN2O3. The highest BCUT2D eigenvalue weighted by atomic mass is 35.5. The molecule has 0 spiro atoms. The molecular weight excluding hydrogens is 256 g/mol. The summed E-state index contributed by atoms with van der Waals surface area (Å²) < 4.78 is 0. The molecule has 98 valence electrons. The van der Waals surface area contributed by atoms with E-state index in [1.165, 1.54) is 0 Å². The van der Waals surface area contributed by atoms with Crippen LogP contribution in [0.5, 0.6) is 0 Å². The first-order chi connectivity index (χ1) is 8.23. The largest absolute Gasteiger partial charge is 0.481 e. The minimum atomic E-state index is -0.935. The van der Waals surface area contributed by atoms with Gasteiger partial charge < -0.3 is 16.2 Å². The predicted octanol–water partition coefficient (Wildman–Crippen LogP) is 2.10. The number of carboxylic acid groups (broad SMARTS) is 1. The quantitative estimate of drug-likeness (QED) is 0.764. The molecule has 5 nitrogen and oxygen atoms in total. The van der Waals surface area contributed by atoms with Crippen molar-refractivity contribution in [3.63, 3.8) is 0 Å². The molecule has 4 N–H and O–H groups in total. The van der Waals surface area contributed by atoms with Gasteiger partial charge in [0.2, 0.25) is 0 Å². The number of nitrogens with one attached hydrogen (secondary N) is 1. The first kappa shape index (κ1) is 14.3. The molecule has 1 amide bonds. The van der Waals surface area contributed by atoms with E-state index in [9.17, 15) is 9.59 Å². The number of anilines is 1. The van der Waals surface area contributed by atoms with Crippen molar-refractivity contribution in [2.24, 2.45) is 5.73 Å². The molecule has 1 rings (SSSR count). The average molecular weight is 271 g/mol. The zero-order valence-corrected chi connectivity index (χ0v) is 10.9. The molecule has 0 aliphatic heterocycles. The summed E-state index contributed by atoms with van der Waals surface area (Å²) in [6.45, 7) is 3.43. The lowest BCUT2D eigenvalue weighted by molar-refractivity contribution is -0.137. The van der Waals surface area contributed by atoms with Gasteiger partial charge in [-0.15, -0.1) is 0 Å². The van der Waals surface area contributed by atoms with E-state index >= 15 is 0 Å². The smallest absolute Gasteiger partial charge is 0.305 e. The highest BCUT2D eigenvalue weighted by molar-refractivity contribution is 6.34. The molecule has 0 aliphatic rings. The molecule has 0 saturated carbocycles. The van der Waals surface area contributed by atoms with Crippen LogP contribution in [0.25, 0.3) is 0 Å². The van der Waals surface area contributed by atoms with Crippen molar-refractivity contribution in [1.29, 1.82) is 0 Å². The number of halogens is 1. The van der Waals surface area contributed by atoms with Crippen LogP contribution in [0.2, 0.25) is 5.02 Å². The maximum absolute atomic E-state index is 11.3. The average Bonchev–Trinajstić information content (AvgIpc) is 2.13. The molecule has 0 atom stereocenters. The van der Waals surface area contributed by atoms with E-state index in [1.54, 1.807) is 32.0 Å². The Morgan fingerprint density at radius 1 is 1.44 bits per heavy atom. The van der Waals surface area contributed by atoms with Gasteiger partial charge in [-0.2, -0.15) is 0 Å². The number of carbonyl (C=O) groups excluding carboxylic acids is 1. The number of carbonyl (C=O) groups is 2. The van der Waals surface area contributed by atoms with Crippen LogP contribution in [0, 0.1) is 0 Å². The molecule has 0 aliphatic carbocycles. The zero-order valence-electron chi connectivity index (χ0n) is 10.2. The van der Waals surface area contributed by atoms with Crippen molar-refractivity contribution in [1.82, 2.24) is 0 Å². The Balaban J connectivity index is 3.08. The van der Waals surface area contributed by atoms with Gasteiger partial charge in [0.1, 0.15) is 0 Å². The van der Waals surface area contributed by atoms with Crippen molar-refractivity contribution in [3.05, 3.63) is 28.8 Å². The number of rotatable bonds is 5. The minimum Gasteiger partial charge on any atom is -0.481 e. The van der Waals surface area contributed by atoms with Crippen molar-refractivity contribution in [2.75, 3.05) is 5.32 Å². The number of nitrogens with two attached hydrogens (primary N) is 1. The fourth-order valence-corrected chi connectivity index (χ4v) is 1.93. The summed E-state index contributed by atoms with van der Waals surface area (Å²) in [6.07, 6.45) is -0.0995. The fourth-order valence-electron chi connectivity index (χ4n) is 1.67. The number of aliphatic carboxylic acids is 1. The standard InChI is InChI=1S/C12H15ClN2O3/c1-12(2,6-9(16)17)15-8-5-3-4-7(13)10(8)11(14)18/h3-5,15H,6H2,1-2H3,(H2,14,18)(H,16,17). The van der Waals surface area contributed by atoms with E-state index in [-0.39, 0.29) is 17.0 Å². The van der Waals surface area contributed by atoms with Crippen LogP contribution in [0.1, 0.15) is 30.6 Å². The number of hydrogen-bond donors (Lipinski definition) is 3. The molecule has 0 unspecified atom stereocenters. The molecule has 0 bridgehead atoms. The van der Waals surface area contributed by atoms with Gasteiger partial charge in [0.05, 0.1) is 17.0 Å². The van der Waals surface area contributed by atoms with Crippen LogP contribution in [0.3, 0.4) is 0 Å². The summed E-state index contributed by atoms with van der Waals surface area (Å²) in [4.78, 5) is 22.1. The summed E-state index contributed by atoms with van der Waals surface area (Å²) in [6, 6.07) is 4.85. The third kappa shape index (κ3) is 3.63. The monoisotopic (exact) mass is 270 g/mol. The van der Waals surface area contributed by atoms with Crippen molar-refractivity contribution < 1.29 is 14.7 Å². The Bertz CT molecular complexity index is 486. The Kier molecular flexibility index (Phi) is 4.19. The minimum absolute atomic E-state index is 0.0995. The maximum Gasteiger partial charge on any atom is 0.305 e. The SMILES string of the molecule is CC(C)(CC(=O)O)Nc1cccc(Cl)c1C(N)=O. The van der Waals surface area contributed by atoms with Crippen molar-refractivity contribution in [3.8, 4) is 0 Å². The lowest BCUT2D eigenvalue weighted by Gasteiger charge is -2.27. The molecule has 0 fully saturated rings. The zero-order chi connectivity index (χ0) is 13.9. The normalized spacial score (nSPS) is 11.1. The maximum atomic E-state index is 11.3. The Morgan fingerprint density at radius 2 is 2.06 bits per heavy atom. The second kappa shape index (κ2) is 5.27. The second-order valence-electron chi connectivity index (χ2n) is 4.61. The fraction of sp³-hybridized carbons (Fsp3) is 0.333. The Labute approximate surface area is 110 Å². The van der Waals surface area contributed by atoms with Gasteiger partial charge in [0, 0.05) is 11.2 Å². The van der Waals surface area contributed by atoms with E-state index in [2.05, 4.69) is 5.32 Å². The predicted molar refractivity (Wildman–Crippen MR) is 69.9 cm³/mol. The highest BCUT2D eigenvalue weighted by Crippen LogP contribution is 2.27. The first-order valence-corrected chi connectivity index (χ1v) is 5.69. The van der Waals surface area contributed by atoms with E-state index in [1.807, 2.05) is 0 Å². The van der Waals surface area contributed by atoms with Crippen LogP contribution < -0.4 is 11.1 Å². The first-order valence-electron chi connectivity index (χ1n) is 5.31. The van der Waals surface area contributed by atoms with Crippen LogP contribution in [-0.4, -0.2) is 22.5 Å². The van der Waals surface area contributed by atoms with Gasteiger partial charge in [0.25, 0.3) is 5.91 Å². The van der Waals surface area contributed by atoms with Crippen molar-refractivity contribution in [2.45, 2.75) is 25.8 Å². The second-order valence-corrected chi connectivity index (χ2v) is 5.01. The molecule has 18 heavy (non-hydrogen) atoms. The molecule has 0 heterocycles. The van der Waals surface area contributed by atoms with E-state index in [4.69, 9.17) is 22.4 Å². The highest BCUT2D eigenvalue weighted by Gasteiger charge is 2.24. The molecule has 0 saturated heterocycles. The van der Waals surface area contributed by atoms with Crippen molar-refractivity contribution >= 4 is 29.2 Å². The summed E-state index contributed by atoms with van der Waals surface area (Å²) in [5.41, 5.74) is 5.13. The van der Waals surface area contributed by atoms with E-state index < -0.39 is 17.4 Å². The van der Waals surface area contributed by atoms with Crippen LogP contribution in [0.4, 0.5) is 5.69 Å². The summed E-state index contributed by atoms with van der Waals surface area (Å²) in [5, 5.41) is 12.0. The van der Waals surface area contributed by atoms with Crippen LogP contribution in [-0.2, 0) is 4.79 Å². The van der Waals surface area contributed by atoms with E-state index in [0.29, 0.717) is 5.69 Å². The molecule has 1 aromatic carbocycles.